The molecule has 3 aliphatic rings. The van der Waals surface area contributed by atoms with E-state index in [4.69, 9.17) is 4.74 Å². The second-order valence-electron chi connectivity index (χ2n) is 7.16. The highest BCUT2D eigenvalue weighted by molar-refractivity contribution is 5.94. The number of amides is 1. The van der Waals surface area contributed by atoms with E-state index in [-0.39, 0.29) is 17.5 Å². The van der Waals surface area contributed by atoms with Crippen molar-refractivity contribution in [2.75, 3.05) is 32.8 Å². The van der Waals surface area contributed by atoms with Crippen LogP contribution in [-0.2, 0) is 10.9 Å². The van der Waals surface area contributed by atoms with Crippen molar-refractivity contribution in [3.63, 3.8) is 0 Å². The van der Waals surface area contributed by atoms with Crippen LogP contribution in [0.3, 0.4) is 0 Å². The molecule has 0 spiro atoms. The second kappa shape index (κ2) is 6.29. The molecule has 4 nitrogen and oxygen atoms in total. The highest BCUT2D eigenvalue weighted by atomic mass is 19.4. The van der Waals surface area contributed by atoms with Crippen molar-refractivity contribution in [2.45, 2.75) is 31.1 Å². The molecule has 2 atom stereocenters. The van der Waals surface area contributed by atoms with E-state index in [1.54, 1.807) is 4.90 Å². The lowest BCUT2D eigenvalue weighted by atomic mass is 10.0. The van der Waals surface area contributed by atoms with Crippen LogP contribution in [0.15, 0.2) is 24.3 Å². The first-order valence-corrected chi connectivity index (χ1v) is 8.73. The molecule has 1 aliphatic carbocycles. The van der Waals surface area contributed by atoms with Crippen molar-refractivity contribution in [2.24, 2.45) is 5.92 Å². The molecule has 0 bridgehead atoms. The van der Waals surface area contributed by atoms with Crippen LogP contribution >= 0.6 is 0 Å². The number of morpholine rings is 1. The first kappa shape index (κ1) is 16.8. The third-order valence-corrected chi connectivity index (χ3v) is 5.44. The van der Waals surface area contributed by atoms with Crippen molar-refractivity contribution in [3.05, 3.63) is 35.4 Å². The standard InChI is InChI=1S/C18H21F3N2O2/c19-18(20,21)14-3-1-2-13(8-14)17(24)22-6-7-23-15(9-22)10-25-11-16(23)12-4-5-12/h1-3,8,12,15-16H,4-7,9-11H2/t15-,16-/m1/s1. The van der Waals surface area contributed by atoms with E-state index < -0.39 is 11.7 Å². The summed E-state index contributed by atoms with van der Waals surface area (Å²) in [6, 6.07) is 5.25. The maximum atomic E-state index is 12.9. The molecule has 25 heavy (non-hydrogen) atoms. The van der Waals surface area contributed by atoms with Gasteiger partial charge in [-0.3, -0.25) is 9.69 Å². The Labute approximate surface area is 144 Å². The van der Waals surface area contributed by atoms with Gasteiger partial charge in [-0.05, 0) is 37.0 Å². The van der Waals surface area contributed by atoms with Crippen molar-refractivity contribution < 1.29 is 22.7 Å². The Kier molecular flexibility index (Phi) is 4.24. The summed E-state index contributed by atoms with van der Waals surface area (Å²) in [6.45, 7) is 3.16. The van der Waals surface area contributed by atoms with E-state index in [0.29, 0.717) is 31.7 Å². The minimum absolute atomic E-state index is 0.0961. The van der Waals surface area contributed by atoms with Crippen LogP contribution in [0.25, 0.3) is 0 Å². The number of nitrogens with zero attached hydrogens (tertiary/aromatic N) is 2. The molecule has 4 rings (SSSR count). The van der Waals surface area contributed by atoms with Crippen LogP contribution in [-0.4, -0.2) is 60.6 Å². The first-order valence-electron chi connectivity index (χ1n) is 8.73. The lowest BCUT2D eigenvalue weighted by Gasteiger charge is -2.48. The Hall–Kier alpha value is -1.60. The molecule has 1 saturated carbocycles. The van der Waals surface area contributed by atoms with Gasteiger partial charge in [-0.25, -0.2) is 0 Å². The largest absolute Gasteiger partial charge is 0.416 e. The summed E-state index contributed by atoms with van der Waals surface area (Å²) in [5.74, 6) is 0.368. The summed E-state index contributed by atoms with van der Waals surface area (Å²) >= 11 is 0. The molecule has 0 N–H and O–H groups in total. The Balaban J connectivity index is 1.47. The number of benzene rings is 1. The second-order valence-corrected chi connectivity index (χ2v) is 7.16. The summed E-state index contributed by atoms with van der Waals surface area (Å²) in [4.78, 5) is 16.8. The topological polar surface area (TPSA) is 32.8 Å². The maximum Gasteiger partial charge on any atom is 0.416 e. The Bertz CT molecular complexity index is 660. The van der Waals surface area contributed by atoms with Crippen LogP contribution < -0.4 is 0 Å². The Morgan fingerprint density at radius 1 is 1.16 bits per heavy atom. The SMILES string of the molecule is O=C(c1cccc(C(F)(F)F)c1)N1CCN2[C@@H](COC[C@@H]2C2CC2)C1. The molecule has 2 aliphatic heterocycles. The van der Waals surface area contributed by atoms with Crippen molar-refractivity contribution in [1.29, 1.82) is 0 Å². The Morgan fingerprint density at radius 3 is 2.68 bits per heavy atom. The number of alkyl halides is 3. The first-order chi connectivity index (χ1) is 11.9. The molecule has 2 saturated heterocycles. The molecule has 2 heterocycles. The van der Waals surface area contributed by atoms with Gasteiger partial charge in [0, 0.05) is 31.2 Å². The number of ether oxygens (including phenoxy) is 1. The summed E-state index contributed by atoms with van der Waals surface area (Å²) in [6.07, 6.45) is -1.96. The number of carbonyl (C=O) groups is 1. The normalized spacial score (nSPS) is 27.9. The molecule has 1 aromatic rings. The zero-order valence-corrected chi connectivity index (χ0v) is 13.8. The Morgan fingerprint density at radius 2 is 1.96 bits per heavy atom. The average molecular weight is 354 g/mol. The van der Waals surface area contributed by atoms with Gasteiger partial charge in [-0.2, -0.15) is 13.2 Å². The molecule has 7 heteroatoms. The van der Waals surface area contributed by atoms with Gasteiger partial charge in [-0.1, -0.05) is 6.07 Å². The number of rotatable bonds is 2. The summed E-state index contributed by atoms with van der Waals surface area (Å²) in [7, 11) is 0. The van der Waals surface area contributed by atoms with Crippen molar-refractivity contribution in [3.8, 4) is 0 Å². The third-order valence-electron chi connectivity index (χ3n) is 5.44. The average Bonchev–Trinajstić information content (AvgIpc) is 3.44. The van der Waals surface area contributed by atoms with Gasteiger partial charge in [0.25, 0.3) is 5.91 Å². The molecule has 3 fully saturated rings. The monoisotopic (exact) mass is 354 g/mol. The highest BCUT2D eigenvalue weighted by Crippen LogP contribution is 2.38. The van der Waals surface area contributed by atoms with Gasteiger partial charge >= 0.3 is 6.18 Å². The van der Waals surface area contributed by atoms with Crippen molar-refractivity contribution in [1.82, 2.24) is 9.80 Å². The maximum absolute atomic E-state index is 12.9. The van der Waals surface area contributed by atoms with E-state index in [9.17, 15) is 18.0 Å². The fourth-order valence-corrected chi connectivity index (χ4v) is 3.96. The molecule has 0 unspecified atom stereocenters. The van der Waals surface area contributed by atoms with E-state index in [2.05, 4.69) is 4.90 Å². The van der Waals surface area contributed by atoms with Crippen LogP contribution in [0.4, 0.5) is 13.2 Å². The van der Waals surface area contributed by atoms with Crippen LogP contribution in [0, 0.1) is 5.92 Å². The van der Waals surface area contributed by atoms with E-state index in [1.165, 1.54) is 25.0 Å². The van der Waals surface area contributed by atoms with Crippen LogP contribution in [0.1, 0.15) is 28.8 Å². The molecule has 1 aromatic carbocycles. The fraction of sp³-hybridized carbons (Fsp3) is 0.611. The lowest BCUT2D eigenvalue weighted by Crippen LogP contribution is -2.63. The minimum atomic E-state index is -4.44. The quantitative estimate of drug-likeness (QED) is 0.819. The predicted octanol–water partition coefficient (Wildman–Crippen LogP) is 2.64. The molecular formula is C18H21F3N2O2. The van der Waals surface area contributed by atoms with Gasteiger partial charge in [0.2, 0.25) is 0 Å². The van der Waals surface area contributed by atoms with Gasteiger partial charge in [-0.15, -0.1) is 0 Å². The summed E-state index contributed by atoms with van der Waals surface area (Å²) < 4.78 is 44.3. The number of piperazine rings is 1. The van der Waals surface area contributed by atoms with E-state index in [0.717, 1.165) is 25.3 Å². The smallest absolute Gasteiger partial charge is 0.378 e. The molecular weight excluding hydrogens is 333 g/mol. The minimum Gasteiger partial charge on any atom is -0.378 e. The third kappa shape index (κ3) is 3.40. The van der Waals surface area contributed by atoms with Gasteiger partial charge in [0.1, 0.15) is 0 Å². The fourth-order valence-electron chi connectivity index (χ4n) is 3.96. The number of hydrogen-bond acceptors (Lipinski definition) is 3. The molecule has 136 valence electrons. The molecule has 1 amide bonds. The molecule has 0 aromatic heterocycles. The summed E-state index contributed by atoms with van der Waals surface area (Å²) in [5, 5.41) is 0. The lowest BCUT2D eigenvalue weighted by molar-refractivity contribution is -0.137. The predicted molar refractivity (Wildman–Crippen MR) is 85.2 cm³/mol. The van der Waals surface area contributed by atoms with Gasteiger partial charge < -0.3 is 9.64 Å². The van der Waals surface area contributed by atoms with E-state index >= 15 is 0 Å². The summed E-state index contributed by atoms with van der Waals surface area (Å²) in [5.41, 5.74) is -0.689. The van der Waals surface area contributed by atoms with Gasteiger partial charge in [0.15, 0.2) is 0 Å². The van der Waals surface area contributed by atoms with Crippen LogP contribution in [0.2, 0.25) is 0 Å². The zero-order valence-electron chi connectivity index (χ0n) is 13.8. The van der Waals surface area contributed by atoms with Crippen molar-refractivity contribution >= 4 is 5.91 Å². The zero-order chi connectivity index (χ0) is 17.6. The molecule has 0 radical (unpaired) electrons. The van der Waals surface area contributed by atoms with E-state index in [1.807, 2.05) is 0 Å². The number of halogens is 3. The highest BCUT2D eigenvalue weighted by Gasteiger charge is 2.43. The van der Waals surface area contributed by atoms with Crippen LogP contribution in [0.5, 0.6) is 0 Å². The number of fused-ring (bicyclic) bond motifs is 1. The number of carbonyl (C=O) groups excluding carboxylic acids is 1. The number of hydrogen-bond donors (Lipinski definition) is 0. The van der Waals surface area contributed by atoms with Gasteiger partial charge in [0.05, 0.1) is 24.8 Å².